The Balaban J connectivity index is 2.86. The van der Waals surface area contributed by atoms with Crippen LogP contribution in [0.1, 0.15) is 5.69 Å². The summed E-state index contributed by atoms with van der Waals surface area (Å²) in [7, 11) is 0. The van der Waals surface area contributed by atoms with Crippen molar-refractivity contribution in [1.29, 1.82) is 0 Å². The first-order valence-corrected chi connectivity index (χ1v) is 3.30. The summed E-state index contributed by atoms with van der Waals surface area (Å²) in [6.07, 6.45) is -3.87. The van der Waals surface area contributed by atoms with E-state index in [1.807, 2.05) is 0 Å². The van der Waals surface area contributed by atoms with Crippen LogP contribution in [0.2, 0.25) is 0 Å². The van der Waals surface area contributed by atoms with Gasteiger partial charge in [-0.1, -0.05) is 0 Å². The van der Waals surface area contributed by atoms with Gasteiger partial charge in [0.15, 0.2) is 5.75 Å². The maximum atomic E-state index is 11.6. The standard InChI is InChI=1S/C7H6F3NO2/c1-4-6(12)2-5(3-11-4)13-7(8,9)10/h2-3,12H,1H3. The number of alkyl halides is 3. The molecule has 0 atom stereocenters. The number of ether oxygens (including phenoxy) is 1. The molecular weight excluding hydrogens is 187 g/mol. The van der Waals surface area contributed by atoms with Gasteiger partial charge >= 0.3 is 6.36 Å². The lowest BCUT2D eigenvalue weighted by Crippen LogP contribution is -2.17. The van der Waals surface area contributed by atoms with Gasteiger partial charge in [-0.2, -0.15) is 0 Å². The summed E-state index contributed by atoms with van der Waals surface area (Å²) in [4.78, 5) is 3.49. The topological polar surface area (TPSA) is 42.4 Å². The fraction of sp³-hybridized carbons (Fsp3) is 0.286. The van der Waals surface area contributed by atoms with Crippen molar-refractivity contribution in [1.82, 2.24) is 4.98 Å². The highest BCUT2D eigenvalue weighted by molar-refractivity contribution is 5.32. The number of hydrogen-bond acceptors (Lipinski definition) is 3. The van der Waals surface area contributed by atoms with Gasteiger partial charge in [-0.3, -0.25) is 4.98 Å². The summed E-state index contributed by atoms with van der Waals surface area (Å²) in [5, 5.41) is 8.99. The molecule has 1 N–H and O–H groups in total. The molecule has 1 aromatic rings. The van der Waals surface area contributed by atoms with Crippen LogP contribution in [0.15, 0.2) is 12.3 Å². The van der Waals surface area contributed by atoms with Crippen molar-refractivity contribution >= 4 is 0 Å². The van der Waals surface area contributed by atoms with Crippen LogP contribution in [0.5, 0.6) is 11.5 Å². The van der Waals surface area contributed by atoms with E-state index < -0.39 is 12.1 Å². The first kappa shape index (κ1) is 9.63. The summed E-state index contributed by atoms with van der Waals surface area (Å²) in [5.74, 6) is -0.864. The highest BCUT2D eigenvalue weighted by atomic mass is 19.4. The minimum Gasteiger partial charge on any atom is -0.506 e. The second kappa shape index (κ2) is 3.12. The van der Waals surface area contributed by atoms with Gasteiger partial charge in [0.2, 0.25) is 0 Å². The van der Waals surface area contributed by atoms with Gasteiger partial charge < -0.3 is 9.84 Å². The molecule has 1 aromatic heterocycles. The molecule has 0 saturated heterocycles. The van der Waals surface area contributed by atoms with E-state index in [2.05, 4.69) is 9.72 Å². The molecule has 0 unspecified atom stereocenters. The molecular formula is C7H6F3NO2. The normalized spacial score (nSPS) is 11.4. The van der Waals surface area contributed by atoms with Crippen LogP contribution in [-0.4, -0.2) is 16.5 Å². The number of aryl methyl sites for hydroxylation is 1. The quantitative estimate of drug-likeness (QED) is 0.741. The Morgan fingerprint density at radius 2 is 2.08 bits per heavy atom. The third-order valence-electron chi connectivity index (χ3n) is 1.27. The Labute approximate surface area is 71.8 Å². The molecule has 1 rings (SSSR count). The lowest BCUT2D eigenvalue weighted by Gasteiger charge is -2.08. The summed E-state index contributed by atoms with van der Waals surface area (Å²) in [5.41, 5.74) is 0.245. The molecule has 0 spiro atoms. The second-order valence-electron chi connectivity index (χ2n) is 2.32. The molecule has 0 fully saturated rings. The lowest BCUT2D eigenvalue weighted by molar-refractivity contribution is -0.274. The lowest BCUT2D eigenvalue weighted by atomic mass is 10.3. The van der Waals surface area contributed by atoms with Crippen molar-refractivity contribution in [3.63, 3.8) is 0 Å². The predicted molar refractivity (Wildman–Crippen MR) is 37.3 cm³/mol. The first-order chi connectivity index (χ1) is 5.88. The molecule has 0 radical (unpaired) electrons. The van der Waals surface area contributed by atoms with Crippen molar-refractivity contribution in [3.05, 3.63) is 18.0 Å². The van der Waals surface area contributed by atoms with E-state index in [1.54, 1.807) is 0 Å². The molecule has 13 heavy (non-hydrogen) atoms. The number of nitrogens with zero attached hydrogens (tertiary/aromatic N) is 1. The SMILES string of the molecule is Cc1ncc(OC(F)(F)F)cc1O. The van der Waals surface area contributed by atoms with Crippen molar-refractivity contribution in [3.8, 4) is 11.5 Å². The first-order valence-electron chi connectivity index (χ1n) is 3.30. The van der Waals surface area contributed by atoms with E-state index in [4.69, 9.17) is 5.11 Å². The van der Waals surface area contributed by atoms with Gasteiger partial charge in [0.05, 0.1) is 11.9 Å². The Kier molecular flexibility index (Phi) is 2.31. The molecule has 0 aromatic carbocycles. The van der Waals surface area contributed by atoms with E-state index in [0.717, 1.165) is 12.3 Å². The fourth-order valence-corrected chi connectivity index (χ4v) is 0.692. The van der Waals surface area contributed by atoms with Gasteiger partial charge in [-0.15, -0.1) is 13.2 Å². The van der Waals surface area contributed by atoms with Crippen LogP contribution < -0.4 is 4.74 Å². The Morgan fingerprint density at radius 3 is 2.54 bits per heavy atom. The molecule has 0 aliphatic rings. The molecule has 0 aliphatic carbocycles. The zero-order valence-corrected chi connectivity index (χ0v) is 6.59. The highest BCUT2D eigenvalue weighted by Gasteiger charge is 2.31. The van der Waals surface area contributed by atoms with E-state index >= 15 is 0 Å². The summed E-state index contributed by atoms with van der Waals surface area (Å²) in [6, 6.07) is 0.857. The monoisotopic (exact) mass is 193 g/mol. The Bertz CT molecular complexity index is 311. The van der Waals surface area contributed by atoms with Crippen LogP contribution in [0.3, 0.4) is 0 Å². The molecule has 1 heterocycles. The largest absolute Gasteiger partial charge is 0.573 e. The zero-order chi connectivity index (χ0) is 10.1. The Morgan fingerprint density at radius 1 is 1.46 bits per heavy atom. The van der Waals surface area contributed by atoms with Crippen molar-refractivity contribution in [2.24, 2.45) is 0 Å². The molecule has 0 aliphatic heterocycles. The van der Waals surface area contributed by atoms with E-state index in [1.165, 1.54) is 6.92 Å². The van der Waals surface area contributed by atoms with Gasteiger partial charge in [0.25, 0.3) is 0 Å². The van der Waals surface area contributed by atoms with E-state index in [-0.39, 0.29) is 11.4 Å². The average molecular weight is 193 g/mol. The van der Waals surface area contributed by atoms with Gasteiger partial charge in [0.1, 0.15) is 5.75 Å². The Hall–Kier alpha value is -1.46. The molecule has 3 nitrogen and oxygen atoms in total. The molecule has 72 valence electrons. The zero-order valence-electron chi connectivity index (χ0n) is 6.59. The average Bonchev–Trinajstić information content (AvgIpc) is 1.94. The molecule has 0 saturated carbocycles. The fourth-order valence-electron chi connectivity index (χ4n) is 0.692. The van der Waals surface area contributed by atoms with Crippen LogP contribution in [0.25, 0.3) is 0 Å². The third kappa shape index (κ3) is 2.81. The van der Waals surface area contributed by atoms with E-state index in [0.29, 0.717) is 0 Å². The van der Waals surface area contributed by atoms with Crippen molar-refractivity contribution < 1.29 is 23.0 Å². The number of hydrogen-bond donors (Lipinski definition) is 1. The molecule has 0 amide bonds. The van der Waals surface area contributed by atoms with Gasteiger partial charge in [-0.05, 0) is 6.92 Å². The highest BCUT2D eigenvalue weighted by Crippen LogP contribution is 2.25. The molecule has 0 bridgehead atoms. The summed E-state index contributed by atoms with van der Waals surface area (Å²) in [6.45, 7) is 1.46. The number of aromatic hydroxyl groups is 1. The number of aromatic nitrogens is 1. The minimum atomic E-state index is -4.76. The van der Waals surface area contributed by atoms with Crippen LogP contribution in [-0.2, 0) is 0 Å². The molecule has 6 heteroatoms. The maximum Gasteiger partial charge on any atom is 0.573 e. The summed E-state index contributed by atoms with van der Waals surface area (Å²) >= 11 is 0. The predicted octanol–water partition coefficient (Wildman–Crippen LogP) is 1.99. The smallest absolute Gasteiger partial charge is 0.506 e. The third-order valence-corrected chi connectivity index (χ3v) is 1.27. The number of pyridine rings is 1. The van der Waals surface area contributed by atoms with Crippen molar-refractivity contribution in [2.75, 3.05) is 0 Å². The van der Waals surface area contributed by atoms with E-state index in [9.17, 15) is 13.2 Å². The maximum absolute atomic E-state index is 11.6. The van der Waals surface area contributed by atoms with Crippen molar-refractivity contribution in [2.45, 2.75) is 13.3 Å². The van der Waals surface area contributed by atoms with Crippen LogP contribution in [0, 0.1) is 6.92 Å². The van der Waals surface area contributed by atoms with Gasteiger partial charge in [0, 0.05) is 6.07 Å². The minimum absolute atomic E-state index is 0.245. The second-order valence-corrected chi connectivity index (χ2v) is 2.32. The van der Waals surface area contributed by atoms with Crippen LogP contribution >= 0.6 is 0 Å². The number of halogens is 3. The number of rotatable bonds is 1. The van der Waals surface area contributed by atoms with Gasteiger partial charge in [-0.25, -0.2) is 0 Å². The summed E-state index contributed by atoms with van der Waals surface area (Å²) < 4.78 is 38.4. The van der Waals surface area contributed by atoms with Crippen LogP contribution in [0.4, 0.5) is 13.2 Å².